The van der Waals surface area contributed by atoms with Gasteiger partial charge >= 0.3 is 0 Å². The summed E-state index contributed by atoms with van der Waals surface area (Å²) in [6.07, 6.45) is 0.977. The highest BCUT2D eigenvalue weighted by Crippen LogP contribution is 2.36. The van der Waals surface area contributed by atoms with Crippen molar-refractivity contribution in [1.29, 1.82) is 0 Å². The van der Waals surface area contributed by atoms with E-state index in [0.717, 1.165) is 12.1 Å². The maximum absolute atomic E-state index is 5.48. The van der Waals surface area contributed by atoms with E-state index in [2.05, 4.69) is 50.4 Å². The Morgan fingerprint density at radius 2 is 2.00 bits per heavy atom. The summed E-state index contributed by atoms with van der Waals surface area (Å²) in [6, 6.07) is 8.61. The lowest BCUT2D eigenvalue weighted by molar-refractivity contribution is 0.735. The molecule has 0 bridgehead atoms. The highest BCUT2D eigenvalue weighted by molar-refractivity contribution is 5.68. The van der Waals surface area contributed by atoms with Gasteiger partial charge in [0.15, 0.2) is 0 Å². The van der Waals surface area contributed by atoms with Crippen molar-refractivity contribution in [3.05, 3.63) is 29.8 Å². The van der Waals surface area contributed by atoms with E-state index in [9.17, 15) is 0 Å². The van der Waals surface area contributed by atoms with Gasteiger partial charge in [0.2, 0.25) is 17.8 Å². The zero-order chi connectivity index (χ0) is 15.0. The number of aromatic nitrogens is 3. The Morgan fingerprint density at radius 3 is 2.71 bits per heavy atom. The van der Waals surface area contributed by atoms with Crippen LogP contribution in [0.4, 0.5) is 23.5 Å². The van der Waals surface area contributed by atoms with Crippen LogP contribution in [0.2, 0.25) is 0 Å². The first-order valence-electron chi connectivity index (χ1n) is 6.87. The fourth-order valence-electron chi connectivity index (χ4n) is 2.60. The average molecular weight is 285 g/mol. The van der Waals surface area contributed by atoms with Crippen molar-refractivity contribution < 1.29 is 0 Å². The molecule has 2 aromatic rings. The summed E-state index contributed by atoms with van der Waals surface area (Å²) in [5.74, 6) is 7.02. The van der Waals surface area contributed by atoms with Gasteiger partial charge < -0.3 is 9.80 Å². The Hall–Kier alpha value is -2.41. The molecule has 110 valence electrons. The maximum Gasteiger partial charge on any atom is 0.243 e. The summed E-state index contributed by atoms with van der Waals surface area (Å²) < 4.78 is 0. The molecular formula is C14H19N7. The van der Waals surface area contributed by atoms with Crippen LogP contribution >= 0.6 is 0 Å². The Bertz CT molecular complexity index is 656. The molecule has 1 aromatic heterocycles. The molecule has 0 fully saturated rings. The quantitative estimate of drug-likeness (QED) is 0.649. The van der Waals surface area contributed by atoms with E-state index >= 15 is 0 Å². The number of nitrogens with one attached hydrogen (secondary N) is 1. The third-order valence-corrected chi connectivity index (χ3v) is 3.56. The number of nitrogens with two attached hydrogens (primary N) is 1. The number of benzene rings is 1. The van der Waals surface area contributed by atoms with Crippen LogP contribution in [0.5, 0.6) is 0 Å². The highest BCUT2D eigenvalue weighted by atomic mass is 15.4. The van der Waals surface area contributed by atoms with Gasteiger partial charge in [-0.2, -0.15) is 15.0 Å². The van der Waals surface area contributed by atoms with Gasteiger partial charge in [0.25, 0.3) is 0 Å². The second kappa shape index (κ2) is 5.17. The Morgan fingerprint density at radius 1 is 1.24 bits per heavy atom. The molecular weight excluding hydrogens is 266 g/mol. The van der Waals surface area contributed by atoms with Gasteiger partial charge in [0, 0.05) is 25.8 Å². The molecule has 0 aliphatic carbocycles. The molecule has 2 heterocycles. The van der Waals surface area contributed by atoms with E-state index in [1.165, 1.54) is 5.56 Å². The van der Waals surface area contributed by atoms with Crippen LogP contribution in [-0.4, -0.2) is 35.1 Å². The summed E-state index contributed by atoms with van der Waals surface area (Å²) >= 11 is 0. The first-order valence-corrected chi connectivity index (χ1v) is 6.87. The molecule has 0 saturated carbocycles. The average Bonchev–Trinajstić information content (AvgIpc) is 2.82. The Labute approximate surface area is 123 Å². The number of nitrogens with zero attached hydrogens (tertiary/aromatic N) is 5. The number of hydrogen-bond donors (Lipinski definition) is 2. The van der Waals surface area contributed by atoms with Crippen molar-refractivity contribution in [2.24, 2.45) is 5.84 Å². The molecule has 1 aliphatic rings. The largest absolute Gasteiger partial charge is 0.347 e. The minimum Gasteiger partial charge on any atom is -0.347 e. The molecule has 3 rings (SSSR count). The van der Waals surface area contributed by atoms with Crippen molar-refractivity contribution in [2.45, 2.75) is 19.4 Å². The third-order valence-electron chi connectivity index (χ3n) is 3.56. The lowest BCUT2D eigenvalue weighted by atomic mass is 10.1. The van der Waals surface area contributed by atoms with E-state index in [-0.39, 0.29) is 0 Å². The molecule has 1 aromatic carbocycles. The summed E-state index contributed by atoms with van der Waals surface area (Å²) in [7, 11) is 3.78. The van der Waals surface area contributed by atoms with E-state index in [1.54, 1.807) is 0 Å². The number of nitrogen functional groups attached to an aromatic ring is 1. The Balaban J connectivity index is 2.10. The van der Waals surface area contributed by atoms with Crippen LogP contribution in [-0.2, 0) is 6.42 Å². The lowest BCUT2D eigenvalue weighted by Gasteiger charge is -2.24. The highest BCUT2D eigenvalue weighted by Gasteiger charge is 2.29. The van der Waals surface area contributed by atoms with E-state index in [0.29, 0.717) is 23.9 Å². The maximum atomic E-state index is 5.48. The summed E-state index contributed by atoms with van der Waals surface area (Å²) in [5.41, 5.74) is 4.96. The molecule has 7 nitrogen and oxygen atoms in total. The zero-order valence-electron chi connectivity index (χ0n) is 12.4. The van der Waals surface area contributed by atoms with Crippen LogP contribution < -0.4 is 21.1 Å². The SMILES string of the molecule is CC1Cc2ccccc2N1c1nc(NN)nc(N(C)C)n1. The zero-order valence-corrected chi connectivity index (χ0v) is 12.4. The van der Waals surface area contributed by atoms with Gasteiger partial charge in [0.05, 0.1) is 0 Å². The minimum atomic E-state index is 0.297. The molecule has 21 heavy (non-hydrogen) atoms. The fourth-order valence-corrected chi connectivity index (χ4v) is 2.60. The van der Waals surface area contributed by atoms with E-state index in [4.69, 9.17) is 5.84 Å². The second-order valence-corrected chi connectivity index (χ2v) is 5.35. The normalized spacial score (nSPS) is 16.8. The van der Waals surface area contributed by atoms with Crippen molar-refractivity contribution in [3.63, 3.8) is 0 Å². The van der Waals surface area contributed by atoms with Crippen LogP contribution in [0.25, 0.3) is 0 Å². The van der Waals surface area contributed by atoms with Gasteiger partial charge in [-0.1, -0.05) is 18.2 Å². The van der Waals surface area contributed by atoms with Gasteiger partial charge in [-0.3, -0.25) is 5.43 Å². The smallest absolute Gasteiger partial charge is 0.243 e. The van der Waals surface area contributed by atoms with Crippen molar-refractivity contribution >= 4 is 23.5 Å². The van der Waals surface area contributed by atoms with E-state index < -0.39 is 0 Å². The van der Waals surface area contributed by atoms with Gasteiger partial charge in [-0.25, -0.2) is 5.84 Å². The second-order valence-electron chi connectivity index (χ2n) is 5.35. The summed E-state index contributed by atoms with van der Waals surface area (Å²) in [6.45, 7) is 2.16. The first kappa shape index (κ1) is 13.6. The molecule has 0 spiro atoms. The van der Waals surface area contributed by atoms with Crippen LogP contribution in [0.1, 0.15) is 12.5 Å². The molecule has 1 unspecified atom stereocenters. The monoisotopic (exact) mass is 285 g/mol. The molecule has 1 aliphatic heterocycles. The molecule has 0 amide bonds. The number of fused-ring (bicyclic) bond motifs is 1. The number of hydrazine groups is 1. The van der Waals surface area contributed by atoms with Crippen LogP contribution in [0.15, 0.2) is 24.3 Å². The lowest BCUT2D eigenvalue weighted by Crippen LogP contribution is -2.28. The topological polar surface area (TPSA) is 83.2 Å². The van der Waals surface area contributed by atoms with Gasteiger partial charge in [0.1, 0.15) is 0 Å². The predicted molar refractivity (Wildman–Crippen MR) is 83.7 cm³/mol. The standard InChI is InChI=1S/C14H19N7/c1-9-8-10-6-4-5-7-11(10)21(9)14-17-12(19-15)16-13(18-14)20(2)3/h4-7,9H,8,15H2,1-3H3,(H,16,17,18,19). The molecule has 3 N–H and O–H groups in total. The van der Waals surface area contributed by atoms with Crippen molar-refractivity contribution in [1.82, 2.24) is 15.0 Å². The fraction of sp³-hybridized carbons (Fsp3) is 0.357. The van der Waals surface area contributed by atoms with Crippen LogP contribution in [0.3, 0.4) is 0 Å². The summed E-state index contributed by atoms with van der Waals surface area (Å²) in [4.78, 5) is 17.2. The Kier molecular flexibility index (Phi) is 3.34. The number of rotatable bonds is 3. The molecule has 0 radical (unpaired) electrons. The molecule has 7 heteroatoms. The first-order chi connectivity index (χ1) is 10.1. The van der Waals surface area contributed by atoms with Gasteiger partial charge in [-0.15, -0.1) is 0 Å². The van der Waals surface area contributed by atoms with Crippen LogP contribution in [0, 0.1) is 0 Å². The number of hydrogen-bond acceptors (Lipinski definition) is 7. The molecule has 1 atom stereocenters. The third kappa shape index (κ3) is 2.36. The number of anilines is 4. The molecule has 0 saturated heterocycles. The number of para-hydroxylation sites is 1. The van der Waals surface area contributed by atoms with Gasteiger partial charge in [-0.05, 0) is 25.0 Å². The summed E-state index contributed by atoms with van der Waals surface area (Å²) in [5, 5.41) is 0. The minimum absolute atomic E-state index is 0.297. The predicted octanol–water partition coefficient (Wildman–Crippen LogP) is 1.31. The van der Waals surface area contributed by atoms with E-state index in [1.807, 2.05) is 25.1 Å². The van der Waals surface area contributed by atoms with Crippen molar-refractivity contribution in [2.75, 3.05) is 29.3 Å². The van der Waals surface area contributed by atoms with Crippen molar-refractivity contribution in [3.8, 4) is 0 Å².